The molecule has 0 bridgehead atoms. The van der Waals surface area contributed by atoms with Crippen LogP contribution < -0.4 is 4.74 Å². The Labute approximate surface area is 163 Å². The van der Waals surface area contributed by atoms with Gasteiger partial charge in [-0.3, -0.25) is 0 Å². The van der Waals surface area contributed by atoms with E-state index < -0.39 is 5.82 Å². The maximum Gasteiger partial charge on any atom is 0.167 e. The van der Waals surface area contributed by atoms with E-state index >= 15 is 0 Å². The number of halogens is 2. The molecule has 3 aromatic carbocycles. The van der Waals surface area contributed by atoms with Crippen molar-refractivity contribution < 1.29 is 9.13 Å². The van der Waals surface area contributed by atoms with Crippen molar-refractivity contribution in [2.24, 2.45) is 0 Å². The van der Waals surface area contributed by atoms with Crippen LogP contribution in [0.2, 0.25) is 0 Å². The summed E-state index contributed by atoms with van der Waals surface area (Å²) in [4.78, 5) is 0. The molecule has 0 saturated carbocycles. The molecule has 0 atom stereocenters. The normalized spacial score (nSPS) is 10.7. The fraction of sp³-hybridized carbons (Fsp3) is 0.0476. The van der Waals surface area contributed by atoms with Gasteiger partial charge in [0.1, 0.15) is 6.61 Å². The highest BCUT2D eigenvalue weighted by Gasteiger charge is 2.12. The van der Waals surface area contributed by atoms with E-state index in [1.807, 2.05) is 30.3 Å². The molecule has 1 heterocycles. The number of benzene rings is 3. The Morgan fingerprint density at radius 1 is 1.11 bits per heavy atom. The highest BCUT2D eigenvalue weighted by molar-refractivity contribution is 9.10. The summed E-state index contributed by atoms with van der Waals surface area (Å²) in [6.07, 6.45) is 1.68. The first kappa shape index (κ1) is 17.3. The summed E-state index contributed by atoms with van der Waals surface area (Å²) in [7, 11) is 0. The Balaban J connectivity index is 1.66. The lowest BCUT2D eigenvalue weighted by molar-refractivity contribution is 0.290. The lowest BCUT2D eigenvalue weighted by Gasteiger charge is -2.10. The minimum Gasteiger partial charge on any atom is -0.486 e. The van der Waals surface area contributed by atoms with Crippen molar-refractivity contribution in [2.45, 2.75) is 6.61 Å². The van der Waals surface area contributed by atoms with E-state index in [0.717, 1.165) is 20.9 Å². The molecule has 0 unspecified atom stereocenters. The Kier molecular flexibility index (Phi) is 4.61. The minimum absolute atomic E-state index is 0.179. The summed E-state index contributed by atoms with van der Waals surface area (Å²) in [5.74, 6) is -0.291. The van der Waals surface area contributed by atoms with Gasteiger partial charge in [-0.2, -0.15) is 10.4 Å². The monoisotopic (exact) mass is 421 g/mol. The quantitative estimate of drug-likeness (QED) is 0.444. The second-order valence-corrected chi connectivity index (χ2v) is 6.80. The standard InChI is InChI=1S/C21H13BrFN3O/c22-18-8-15(11-24)9-20-17(18)12-25-26(20)16-6-7-21(19(23)10-16)27-13-14-4-2-1-3-5-14/h1-10,12H,13H2. The van der Waals surface area contributed by atoms with Crippen LogP contribution in [0.3, 0.4) is 0 Å². The number of nitriles is 1. The molecule has 1 aromatic heterocycles. The number of nitrogens with zero attached hydrogens (tertiary/aromatic N) is 3. The molecule has 4 rings (SSSR count). The topological polar surface area (TPSA) is 50.8 Å². The molecule has 0 amide bonds. The van der Waals surface area contributed by atoms with Gasteiger partial charge in [-0.05, 0) is 45.8 Å². The third-order valence-corrected chi connectivity index (χ3v) is 4.82. The molecule has 0 aliphatic rings. The molecule has 0 aliphatic heterocycles. The highest BCUT2D eigenvalue weighted by atomic mass is 79.9. The van der Waals surface area contributed by atoms with Gasteiger partial charge < -0.3 is 4.74 Å². The smallest absolute Gasteiger partial charge is 0.167 e. The number of rotatable bonds is 4. The average molecular weight is 422 g/mol. The van der Waals surface area contributed by atoms with E-state index in [-0.39, 0.29) is 5.75 Å². The van der Waals surface area contributed by atoms with E-state index in [1.165, 1.54) is 6.07 Å². The molecular weight excluding hydrogens is 409 g/mol. The molecule has 6 heteroatoms. The first-order valence-corrected chi connectivity index (χ1v) is 8.99. The summed E-state index contributed by atoms with van der Waals surface area (Å²) in [5, 5.41) is 14.4. The van der Waals surface area contributed by atoms with Gasteiger partial charge in [0.15, 0.2) is 11.6 Å². The Morgan fingerprint density at radius 3 is 2.67 bits per heavy atom. The zero-order chi connectivity index (χ0) is 18.8. The number of fused-ring (bicyclic) bond motifs is 1. The van der Waals surface area contributed by atoms with Gasteiger partial charge >= 0.3 is 0 Å². The van der Waals surface area contributed by atoms with E-state index in [1.54, 1.807) is 35.1 Å². The Morgan fingerprint density at radius 2 is 1.93 bits per heavy atom. The molecule has 27 heavy (non-hydrogen) atoms. The summed E-state index contributed by atoms with van der Waals surface area (Å²) in [6, 6.07) is 19.9. The third-order valence-electron chi connectivity index (χ3n) is 4.16. The van der Waals surface area contributed by atoms with Crippen LogP contribution in [0.15, 0.2) is 71.3 Å². The molecule has 0 saturated heterocycles. The molecule has 0 spiro atoms. The van der Waals surface area contributed by atoms with Gasteiger partial charge in [-0.25, -0.2) is 9.07 Å². The van der Waals surface area contributed by atoms with E-state index in [4.69, 9.17) is 4.74 Å². The van der Waals surface area contributed by atoms with Crippen LogP contribution in [0.4, 0.5) is 4.39 Å². The predicted molar refractivity (Wildman–Crippen MR) is 104 cm³/mol. The largest absolute Gasteiger partial charge is 0.486 e. The maximum atomic E-state index is 14.5. The van der Waals surface area contributed by atoms with Gasteiger partial charge in [-0.1, -0.05) is 30.3 Å². The number of hydrogen-bond donors (Lipinski definition) is 0. The van der Waals surface area contributed by atoms with Crippen LogP contribution in [-0.2, 0) is 6.61 Å². The average Bonchev–Trinajstić information content (AvgIpc) is 3.12. The van der Waals surface area contributed by atoms with Crippen LogP contribution in [-0.4, -0.2) is 9.78 Å². The van der Waals surface area contributed by atoms with E-state index in [2.05, 4.69) is 27.1 Å². The van der Waals surface area contributed by atoms with Gasteiger partial charge in [0.2, 0.25) is 0 Å². The van der Waals surface area contributed by atoms with Crippen molar-refractivity contribution in [3.05, 3.63) is 88.3 Å². The van der Waals surface area contributed by atoms with Crippen molar-refractivity contribution in [1.29, 1.82) is 5.26 Å². The van der Waals surface area contributed by atoms with Crippen molar-refractivity contribution in [3.8, 4) is 17.5 Å². The van der Waals surface area contributed by atoms with Gasteiger partial charge in [0.25, 0.3) is 0 Å². The molecule has 0 radical (unpaired) electrons. The van der Waals surface area contributed by atoms with Crippen LogP contribution in [0, 0.1) is 17.1 Å². The maximum absolute atomic E-state index is 14.5. The predicted octanol–water partition coefficient (Wildman–Crippen LogP) is 5.38. The fourth-order valence-corrected chi connectivity index (χ4v) is 3.38. The molecule has 132 valence electrons. The summed E-state index contributed by atoms with van der Waals surface area (Å²) < 4.78 is 22.5. The summed E-state index contributed by atoms with van der Waals surface area (Å²) in [5.41, 5.74) is 2.74. The first-order chi connectivity index (χ1) is 13.2. The SMILES string of the molecule is N#Cc1cc(Br)c2cnn(-c3ccc(OCc4ccccc4)c(F)c3)c2c1. The molecular formula is C21H13BrFN3O. The number of hydrogen-bond acceptors (Lipinski definition) is 3. The van der Waals surface area contributed by atoms with Crippen LogP contribution in [0.25, 0.3) is 16.6 Å². The lowest BCUT2D eigenvalue weighted by atomic mass is 10.2. The van der Waals surface area contributed by atoms with E-state index in [9.17, 15) is 9.65 Å². The lowest BCUT2D eigenvalue weighted by Crippen LogP contribution is -2.00. The minimum atomic E-state index is -0.470. The molecule has 4 aromatic rings. The van der Waals surface area contributed by atoms with Crippen molar-refractivity contribution in [2.75, 3.05) is 0 Å². The molecule has 0 aliphatic carbocycles. The Bertz CT molecular complexity index is 1170. The van der Waals surface area contributed by atoms with Crippen molar-refractivity contribution >= 4 is 26.8 Å². The molecule has 0 N–H and O–H groups in total. The second-order valence-electron chi connectivity index (χ2n) is 5.95. The highest BCUT2D eigenvalue weighted by Crippen LogP contribution is 2.29. The van der Waals surface area contributed by atoms with Crippen LogP contribution in [0.1, 0.15) is 11.1 Å². The number of ether oxygens (including phenoxy) is 1. The van der Waals surface area contributed by atoms with Crippen LogP contribution in [0.5, 0.6) is 5.75 Å². The van der Waals surface area contributed by atoms with Crippen molar-refractivity contribution in [1.82, 2.24) is 9.78 Å². The third kappa shape index (κ3) is 3.42. The van der Waals surface area contributed by atoms with Gasteiger partial charge in [0.05, 0.1) is 29.0 Å². The van der Waals surface area contributed by atoms with Gasteiger partial charge in [0, 0.05) is 15.9 Å². The fourth-order valence-electron chi connectivity index (χ4n) is 2.83. The van der Waals surface area contributed by atoms with Crippen LogP contribution >= 0.6 is 15.9 Å². The zero-order valence-electron chi connectivity index (χ0n) is 14.1. The number of aromatic nitrogens is 2. The summed E-state index contributed by atoms with van der Waals surface area (Å²) in [6.45, 7) is 0.292. The molecule has 4 nitrogen and oxygen atoms in total. The van der Waals surface area contributed by atoms with Crippen molar-refractivity contribution in [3.63, 3.8) is 0 Å². The Hall–Kier alpha value is -3.17. The second kappa shape index (κ2) is 7.22. The summed E-state index contributed by atoms with van der Waals surface area (Å²) >= 11 is 3.44. The first-order valence-electron chi connectivity index (χ1n) is 8.20. The zero-order valence-corrected chi connectivity index (χ0v) is 15.6. The molecule has 0 fully saturated rings. The van der Waals surface area contributed by atoms with Gasteiger partial charge in [-0.15, -0.1) is 0 Å². The van der Waals surface area contributed by atoms with E-state index in [0.29, 0.717) is 17.9 Å².